The third-order valence-corrected chi connectivity index (χ3v) is 6.59. The molecule has 0 bridgehead atoms. The van der Waals surface area contributed by atoms with Crippen molar-refractivity contribution in [3.8, 4) is 0 Å². The van der Waals surface area contributed by atoms with Crippen LogP contribution in [0.1, 0.15) is 71.6 Å². The first kappa shape index (κ1) is 21.2. The molecule has 3 amide bonds. The number of carbonyl (C=O) groups excluding carboxylic acids is 3. The van der Waals surface area contributed by atoms with Crippen molar-refractivity contribution < 1.29 is 14.4 Å². The molecule has 6 heteroatoms. The first-order valence-electron chi connectivity index (χ1n) is 11.0. The van der Waals surface area contributed by atoms with E-state index in [0.717, 1.165) is 30.5 Å². The lowest BCUT2D eigenvalue weighted by Crippen LogP contribution is -2.34. The molecule has 0 radical (unpaired) electrons. The van der Waals surface area contributed by atoms with Crippen molar-refractivity contribution in [2.75, 3.05) is 6.54 Å². The summed E-state index contributed by atoms with van der Waals surface area (Å²) in [7, 11) is 0. The van der Waals surface area contributed by atoms with Gasteiger partial charge in [-0.3, -0.25) is 19.7 Å². The number of hydrogen-bond acceptors (Lipinski definition) is 4. The Balaban J connectivity index is 1.37. The molecule has 31 heavy (non-hydrogen) atoms. The van der Waals surface area contributed by atoms with Gasteiger partial charge in [-0.15, -0.1) is 0 Å². The number of nitrogens with one attached hydrogen (secondary N) is 2. The van der Waals surface area contributed by atoms with Crippen LogP contribution in [0.2, 0.25) is 0 Å². The normalized spacial score (nSPS) is 21.5. The SMILES string of the molecule is CC(CCC(=O)NC=O)N1Cc2cc(C3CCC(c4ccccc4)CN3)ccc2C1=O. The number of rotatable bonds is 7. The Morgan fingerprint density at radius 3 is 2.71 bits per heavy atom. The second kappa shape index (κ2) is 9.43. The van der Waals surface area contributed by atoms with E-state index in [0.29, 0.717) is 31.3 Å². The number of nitrogens with zero attached hydrogens (tertiary/aromatic N) is 1. The molecule has 3 unspecified atom stereocenters. The zero-order valence-corrected chi connectivity index (χ0v) is 17.8. The molecule has 0 aromatic heterocycles. The molecule has 2 aliphatic heterocycles. The molecular formula is C25H29N3O3. The molecule has 0 aliphatic carbocycles. The zero-order valence-electron chi connectivity index (χ0n) is 17.8. The number of carbonyl (C=O) groups is 3. The van der Waals surface area contributed by atoms with Crippen LogP contribution in [0.15, 0.2) is 48.5 Å². The van der Waals surface area contributed by atoms with Crippen molar-refractivity contribution >= 4 is 18.2 Å². The van der Waals surface area contributed by atoms with Gasteiger partial charge in [-0.1, -0.05) is 42.5 Å². The molecule has 4 rings (SSSR count). The van der Waals surface area contributed by atoms with Gasteiger partial charge in [-0.25, -0.2) is 0 Å². The van der Waals surface area contributed by atoms with Gasteiger partial charge in [-0.2, -0.15) is 0 Å². The molecule has 0 spiro atoms. The van der Waals surface area contributed by atoms with Gasteiger partial charge in [0.15, 0.2) is 0 Å². The number of benzene rings is 2. The fourth-order valence-electron chi connectivity index (χ4n) is 4.72. The van der Waals surface area contributed by atoms with Crippen LogP contribution in [-0.4, -0.2) is 35.7 Å². The summed E-state index contributed by atoms with van der Waals surface area (Å²) in [5.41, 5.74) is 4.43. The lowest BCUT2D eigenvalue weighted by atomic mass is 9.86. The third-order valence-electron chi connectivity index (χ3n) is 6.59. The Bertz CT molecular complexity index is 952. The molecule has 2 aromatic carbocycles. The van der Waals surface area contributed by atoms with Crippen LogP contribution >= 0.6 is 0 Å². The minimum absolute atomic E-state index is 0.0191. The maximum Gasteiger partial charge on any atom is 0.254 e. The van der Waals surface area contributed by atoms with E-state index < -0.39 is 0 Å². The Morgan fingerprint density at radius 2 is 2.00 bits per heavy atom. The van der Waals surface area contributed by atoms with E-state index in [1.165, 1.54) is 11.1 Å². The second-order valence-electron chi connectivity index (χ2n) is 8.57. The van der Waals surface area contributed by atoms with E-state index >= 15 is 0 Å². The minimum Gasteiger partial charge on any atom is -0.332 e. The largest absolute Gasteiger partial charge is 0.332 e. The summed E-state index contributed by atoms with van der Waals surface area (Å²) >= 11 is 0. The molecular weight excluding hydrogens is 390 g/mol. The van der Waals surface area contributed by atoms with Crippen LogP contribution in [0, 0.1) is 0 Å². The molecule has 2 aliphatic rings. The smallest absolute Gasteiger partial charge is 0.254 e. The number of imide groups is 1. The molecule has 2 N–H and O–H groups in total. The maximum atomic E-state index is 12.8. The van der Waals surface area contributed by atoms with E-state index in [1.807, 2.05) is 17.9 Å². The number of amides is 3. The Kier molecular flexibility index (Phi) is 6.47. The standard InChI is InChI=1S/C25H29N3O3/c1-17(7-12-24(30)27-16-29)28-15-21-13-19(8-10-22(21)25(28)31)23-11-9-20(14-26-23)18-5-3-2-4-6-18/h2-6,8,10,13,16-17,20,23,26H,7,9,11-12,14-15H2,1H3,(H,27,29,30). The van der Waals surface area contributed by atoms with E-state index in [9.17, 15) is 14.4 Å². The number of piperidine rings is 1. The molecule has 162 valence electrons. The van der Waals surface area contributed by atoms with Crippen molar-refractivity contribution in [1.29, 1.82) is 0 Å². The Hall–Kier alpha value is -2.99. The van der Waals surface area contributed by atoms with E-state index in [1.54, 1.807) is 0 Å². The summed E-state index contributed by atoms with van der Waals surface area (Å²) in [6.45, 7) is 3.47. The summed E-state index contributed by atoms with van der Waals surface area (Å²) in [6, 6.07) is 17.1. The highest BCUT2D eigenvalue weighted by molar-refractivity contribution is 5.98. The van der Waals surface area contributed by atoms with Crippen molar-refractivity contribution in [2.24, 2.45) is 0 Å². The van der Waals surface area contributed by atoms with E-state index in [-0.39, 0.29) is 24.3 Å². The van der Waals surface area contributed by atoms with Crippen LogP contribution in [0.5, 0.6) is 0 Å². The highest BCUT2D eigenvalue weighted by Gasteiger charge is 2.32. The van der Waals surface area contributed by atoms with Crippen LogP contribution in [0.3, 0.4) is 0 Å². The minimum atomic E-state index is -0.314. The van der Waals surface area contributed by atoms with Gasteiger partial charge in [-0.05, 0) is 54.9 Å². The summed E-state index contributed by atoms with van der Waals surface area (Å²) in [4.78, 5) is 36.6. The zero-order chi connectivity index (χ0) is 21.8. The number of fused-ring (bicyclic) bond motifs is 1. The maximum absolute atomic E-state index is 12.8. The van der Waals surface area contributed by atoms with Gasteiger partial charge >= 0.3 is 0 Å². The molecule has 1 fully saturated rings. The summed E-state index contributed by atoms with van der Waals surface area (Å²) in [6.07, 6.45) is 3.35. The Morgan fingerprint density at radius 1 is 1.19 bits per heavy atom. The highest BCUT2D eigenvalue weighted by atomic mass is 16.2. The van der Waals surface area contributed by atoms with Crippen molar-refractivity contribution in [3.63, 3.8) is 0 Å². The molecule has 6 nitrogen and oxygen atoms in total. The highest BCUT2D eigenvalue weighted by Crippen LogP contribution is 2.34. The summed E-state index contributed by atoms with van der Waals surface area (Å²) in [5.74, 6) is 0.247. The summed E-state index contributed by atoms with van der Waals surface area (Å²) < 4.78 is 0. The molecule has 2 aromatic rings. The van der Waals surface area contributed by atoms with E-state index in [4.69, 9.17) is 0 Å². The second-order valence-corrected chi connectivity index (χ2v) is 8.57. The molecule has 1 saturated heterocycles. The van der Waals surface area contributed by atoms with Crippen molar-refractivity contribution in [1.82, 2.24) is 15.5 Å². The lowest BCUT2D eigenvalue weighted by Gasteiger charge is -2.30. The Labute approximate surface area is 183 Å². The van der Waals surface area contributed by atoms with E-state index in [2.05, 4.69) is 53.1 Å². The van der Waals surface area contributed by atoms with Crippen molar-refractivity contribution in [3.05, 3.63) is 70.8 Å². The fourth-order valence-corrected chi connectivity index (χ4v) is 4.72. The van der Waals surface area contributed by atoms with Crippen LogP contribution < -0.4 is 10.6 Å². The average Bonchev–Trinajstić information content (AvgIpc) is 3.14. The topological polar surface area (TPSA) is 78.5 Å². The lowest BCUT2D eigenvalue weighted by molar-refractivity contribution is -0.125. The third kappa shape index (κ3) is 4.69. The quantitative estimate of drug-likeness (QED) is 0.675. The van der Waals surface area contributed by atoms with Gasteiger partial charge in [0.2, 0.25) is 12.3 Å². The van der Waals surface area contributed by atoms with Gasteiger partial charge < -0.3 is 10.2 Å². The molecule has 3 atom stereocenters. The predicted octanol–water partition coefficient (Wildman–Crippen LogP) is 3.29. The summed E-state index contributed by atoms with van der Waals surface area (Å²) in [5, 5.41) is 5.84. The molecule has 0 saturated carbocycles. The van der Waals surface area contributed by atoms with Crippen LogP contribution in [-0.2, 0) is 16.1 Å². The number of hydrogen-bond donors (Lipinski definition) is 2. The first-order chi connectivity index (χ1) is 15.1. The van der Waals surface area contributed by atoms with Gasteiger partial charge in [0.05, 0.1) is 0 Å². The van der Waals surface area contributed by atoms with Crippen LogP contribution in [0.25, 0.3) is 0 Å². The predicted molar refractivity (Wildman–Crippen MR) is 118 cm³/mol. The monoisotopic (exact) mass is 419 g/mol. The first-order valence-corrected chi connectivity index (χ1v) is 11.0. The van der Waals surface area contributed by atoms with Crippen LogP contribution in [0.4, 0.5) is 0 Å². The fraction of sp³-hybridized carbons (Fsp3) is 0.400. The van der Waals surface area contributed by atoms with Gasteiger partial charge in [0, 0.05) is 37.2 Å². The molecule has 2 heterocycles. The van der Waals surface area contributed by atoms with Gasteiger partial charge in [0.1, 0.15) is 0 Å². The van der Waals surface area contributed by atoms with Crippen molar-refractivity contribution in [2.45, 2.75) is 57.2 Å². The average molecular weight is 420 g/mol. The van der Waals surface area contributed by atoms with Gasteiger partial charge in [0.25, 0.3) is 5.91 Å².